The summed E-state index contributed by atoms with van der Waals surface area (Å²) >= 11 is 5.86. The van der Waals surface area contributed by atoms with Crippen molar-refractivity contribution in [2.75, 3.05) is 26.2 Å². The highest BCUT2D eigenvalue weighted by molar-refractivity contribution is 6.30. The Kier molecular flexibility index (Phi) is 6.06. The van der Waals surface area contributed by atoms with E-state index in [0.717, 1.165) is 17.7 Å². The van der Waals surface area contributed by atoms with E-state index in [0.29, 0.717) is 37.6 Å². The number of nitrogens with zero attached hydrogens (tertiary/aromatic N) is 2. The number of carbonyl (C=O) groups excluding carboxylic acids is 2. The second-order valence-corrected chi connectivity index (χ2v) is 6.90. The van der Waals surface area contributed by atoms with Gasteiger partial charge >= 0.3 is 0 Å². The molecular weight excluding hydrogens is 374 g/mol. The molecular formula is C20H19ClF2N2O2. The molecule has 3 rings (SSSR count). The SMILES string of the molecule is O=C(Cc1ccc(Cl)cc1)N1CCCN(C(=O)c2ccc(F)c(F)c2)CC1. The number of hydrogen-bond acceptors (Lipinski definition) is 2. The van der Waals surface area contributed by atoms with Crippen molar-refractivity contribution in [3.05, 3.63) is 70.2 Å². The monoisotopic (exact) mass is 392 g/mol. The Hall–Kier alpha value is -2.47. The van der Waals surface area contributed by atoms with E-state index in [-0.39, 0.29) is 23.8 Å². The Morgan fingerprint density at radius 3 is 2.26 bits per heavy atom. The van der Waals surface area contributed by atoms with Gasteiger partial charge in [0.2, 0.25) is 5.91 Å². The summed E-state index contributed by atoms with van der Waals surface area (Å²) in [5.74, 6) is -2.41. The molecule has 7 heteroatoms. The molecule has 0 atom stereocenters. The molecule has 0 radical (unpaired) electrons. The first-order chi connectivity index (χ1) is 12.9. The first-order valence-electron chi connectivity index (χ1n) is 8.70. The molecule has 1 fully saturated rings. The highest BCUT2D eigenvalue weighted by Crippen LogP contribution is 2.15. The van der Waals surface area contributed by atoms with E-state index in [1.807, 2.05) is 12.1 Å². The summed E-state index contributed by atoms with van der Waals surface area (Å²) < 4.78 is 26.4. The van der Waals surface area contributed by atoms with Crippen LogP contribution < -0.4 is 0 Å². The Bertz CT molecular complexity index is 842. The fraction of sp³-hybridized carbons (Fsp3) is 0.300. The van der Waals surface area contributed by atoms with E-state index in [1.54, 1.807) is 21.9 Å². The molecule has 0 aromatic heterocycles. The summed E-state index contributed by atoms with van der Waals surface area (Å²) in [4.78, 5) is 28.4. The lowest BCUT2D eigenvalue weighted by Crippen LogP contribution is -2.38. The van der Waals surface area contributed by atoms with E-state index in [4.69, 9.17) is 11.6 Å². The van der Waals surface area contributed by atoms with Crippen molar-refractivity contribution in [1.82, 2.24) is 9.80 Å². The van der Waals surface area contributed by atoms with Gasteiger partial charge < -0.3 is 9.80 Å². The van der Waals surface area contributed by atoms with Crippen LogP contribution in [0.25, 0.3) is 0 Å². The Morgan fingerprint density at radius 1 is 0.889 bits per heavy atom. The van der Waals surface area contributed by atoms with Gasteiger partial charge in [0.1, 0.15) is 0 Å². The molecule has 0 saturated carbocycles. The minimum Gasteiger partial charge on any atom is -0.341 e. The zero-order valence-corrected chi connectivity index (χ0v) is 15.4. The minimum atomic E-state index is -1.05. The molecule has 27 heavy (non-hydrogen) atoms. The number of benzene rings is 2. The van der Waals surface area contributed by atoms with Gasteiger partial charge in [-0.1, -0.05) is 23.7 Å². The van der Waals surface area contributed by atoms with Crippen LogP contribution in [-0.4, -0.2) is 47.8 Å². The largest absolute Gasteiger partial charge is 0.341 e. The smallest absolute Gasteiger partial charge is 0.254 e. The molecule has 1 saturated heterocycles. The van der Waals surface area contributed by atoms with Crippen LogP contribution in [0.2, 0.25) is 5.02 Å². The van der Waals surface area contributed by atoms with Crippen LogP contribution in [-0.2, 0) is 11.2 Å². The molecule has 0 spiro atoms. The number of carbonyl (C=O) groups is 2. The average molecular weight is 393 g/mol. The number of rotatable bonds is 3. The van der Waals surface area contributed by atoms with Crippen LogP contribution >= 0.6 is 11.6 Å². The maximum Gasteiger partial charge on any atom is 0.254 e. The molecule has 1 heterocycles. The third kappa shape index (κ3) is 4.83. The van der Waals surface area contributed by atoms with E-state index < -0.39 is 11.6 Å². The Labute approximate surface area is 161 Å². The first kappa shape index (κ1) is 19.3. The van der Waals surface area contributed by atoms with Gasteiger partial charge in [-0.3, -0.25) is 9.59 Å². The van der Waals surface area contributed by atoms with Gasteiger partial charge in [0.15, 0.2) is 11.6 Å². The lowest BCUT2D eigenvalue weighted by atomic mass is 10.1. The average Bonchev–Trinajstić information content (AvgIpc) is 2.91. The van der Waals surface area contributed by atoms with Crippen molar-refractivity contribution < 1.29 is 18.4 Å². The maximum absolute atomic E-state index is 13.4. The third-order valence-electron chi connectivity index (χ3n) is 4.57. The van der Waals surface area contributed by atoms with Crippen LogP contribution in [0.1, 0.15) is 22.3 Å². The van der Waals surface area contributed by atoms with Crippen LogP contribution in [0.3, 0.4) is 0 Å². The molecule has 2 amide bonds. The van der Waals surface area contributed by atoms with Crippen molar-refractivity contribution >= 4 is 23.4 Å². The van der Waals surface area contributed by atoms with E-state index in [1.165, 1.54) is 6.07 Å². The second kappa shape index (κ2) is 8.48. The van der Waals surface area contributed by atoms with Crippen LogP contribution in [0.4, 0.5) is 8.78 Å². The fourth-order valence-corrected chi connectivity index (χ4v) is 3.20. The van der Waals surface area contributed by atoms with Crippen molar-refractivity contribution in [1.29, 1.82) is 0 Å². The summed E-state index contributed by atoms with van der Waals surface area (Å²) in [7, 11) is 0. The molecule has 2 aromatic carbocycles. The van der Waals surface area contributed by atoms with Crippen LogP contribution in [0.5, 0.6) is 0 Å². The van der Waals surface area contributed by atoms with Gasteiger partial charge in [0, 0.05) is 36.8 Å². The predicted octanol–water partition coefficient (Wildman–Crippen LogP) is 3.54. The third-order valence-corrected chi connectivity index (χ3v) is 4.82. The second-order valence-electron chi connectivity index (χ2n) is 6.46. The van der Waals surface area contributed by atoms with E-state index >= 15 is 0 Å². The predicted molar refractivity (Wildman–Crippen MR) is 98.6 cm³/mol. The molecule has 1 aliphatic rings. The zero-order valence-electron chi connectivity index (χ0n) is 14.6. The van der Waals surface area contributed by atoms with Gasteiger partial charge in [0.25, 0.3) is 5.91 Å². The molecule has 0 unspecified atom stereocenters. The van der Waals surface area contributed by atoms with Crippen molar-refractivity contribution in [2.24, 2.45) is 0 Å². The molecule has 0 aliphatic carbocycles. The molecule has 2 aromatic rings. The molecule has 0 N–H and O–H groups in total. The normalized spacial score (nSPS) is 14.8. The first-order valence-corrected chi connectivity index (χ1v) is 9.08. The zero-order chi connectivity index (χ0) is 19.4. The van der Waals surface area contributed by atoms with E-state index in [9.17, 15) is 18.4 Å². The number of amides is 2. The van der Waals surface area contributed by atoms with Crippen molar-refractivity contribution in [3.8, 4) is 0 Å². The highest BCUT2D eigenvalue weighted by atomic mass is 35.5. The molecule has 1 aliphatic heterocycles. The Morgan fingerprint density at radius 2 is 1.56 bits per heavy atom. The lowest BCUT2D eigenvalue weighted by molar-refractivity contribution is -0.130. The van der Waals surface area contributed by atoms with E-state index in [2.05, 4.69) is 0 Å². The van der Waals surface area contributed by atoms with Gasteiger partial charge in [-0.15, -0.1) is 0 Å². The highest BCUT2D eigenvalue weighted by Gasteiger charge is 2.23. The topological polar surface area (TPSA) is 40.6 Å². The molecule has 0 bridgehead atoms. The quantitative estimate of drug-likeness (QED) is 0.801. The Balaban J connectivity index is 1.60. The summed E-state index contributed by atoms with van der Waals surface area (Å²) in [6.07, 6.45) is 0.899. The fourth-order valence-electron chi connectivity index (χ4n) is 3.07. The molecule has 142 valence electrons. The maximum atomic E-state index is 13.4. The summed E-state index contributed by atoms with van der Waals surface area (Å²) in [6.45, 7) is 1.77. The minimum absolute atomic E-state index is 0.0144. The van der Waals surface area contributed by atoms with Crippen LogP contribution in [0.15, 0.2) is 42.5 Å². The van der Waals surface area contributed by atoms with Crippen molar-refractivity contribution in [2.45, 2.75) is 12.8 Å². The van der Waals surface area contributed by atoms with Gasteiger partial charge in [-0.05, 0) is 42.3 Å². The lowest BCUT2D eigenvalue weighted by Gasteiger charge is -2.22. The standard InChI is InChI=1S/C20H19ClF2N2O2/c21-16-5-2-14(3-6-16)12-19(26)24-8-1-9-25(11-10-24)20(27)15-4-7-17(22)18(23)13-15/h2-7,13H,1,8-12H2. The van der Waals surface area contributed by atoms with Gasteiger partial charge in [0.05, 0.1) is 6.42 Å². The van der Waals surface area contributed by atoms with Crippen molar-refractivity contribution in [3.63, 3.8) is 0 Å². The number of hydrogen-bond donors (Lipinski definition) is 0. The summed E-state index contributed by atoms with van der Waals surface area (Å²) in [6, 6.07) is 10.3. The van der Waals surface area contributed by atoms with Gasteiger partial charge in [-0.2, -0.15) is 0 Å². The van der Waals surface area contributed by atoms with Gasteiger partial charge in [-0.25, -0.2) is 8.78 Å². The molecule has 4 nitrogen and oxygen atoms in total. The summed E-state index contributed by atoms with van der Waals surface area (Å²) in [5.41, 5.74) is 0.984. The number of halogens is 3. The van der Waals surface area contributed by atoms with Crippen LogP contribution in [0, 0.1) is 11.6 Å². The summed E-state index contributed by atoms with van der Waals surface area (Å²) in [5, 5.41) is 0.618.